The van der Waals surface area contributed by atoms with Crippen molar-refractivity contribution < 1.29 is 19.1 Å². The zero-order chi connectivity index (χ0) is 28.6. The molecular formula is C29H36N6O4S. The Morgan fingerprint density at radius 1 is 1.12 bits per heavy atom. The normalized spacial score (nSPS) is 23.6. The summed E-state index contributed by atoms with van der Waals surface area (Å²) in [4.78, 5) is 51.4. The van der Waals surface area contributed by atoms with Crippen LogP contribution in [0.5, 0.6) is 5.88 Å². The van der Waals surface area contributed by atoms with Crippen LogP contribution >= 0.6 is 11.3 Å². The molecule has 3 N–H and O–H groups in total. The number of methoxy groups -OCH3 is 1. The molecule has 2 saturated heterocycles. The largest absolute Gasteiger partial charge is 0.480 e. The molecule has 11 heteroatoms. The van der Waals surface area contributed by atoms with Crippen molar-refractivity contribution in [3.63, 3.8) is 0 Å². The van der Waals surface area contributed by atoms with Crippen molar-refractivity contribution in [3.8, 4) is 5.88 Å². The number of fused-ring (bicyclic) bond motifs is 1. The average Bonchev–Trinajstić information content (AvgIpc) is 3.35. The van der Waals surface area contributed by atoms with E-state index in [1.165, 1.54) is 24.4 Å². The molecule has 40 heavy (non-hydrogen) atoms. The zero-order valence-electron chi connectivity index (χ0n) is 23.3. The smallest absolute Gasteiger partial charge is 0.313 e. The van der Waals surface area contributed by atoms with Gasteiger partial charge >= 0.3 is 11.8 Å². The first-order valence-electron chi connectivity index (χ1n) is 13.7. The van der Waals surface area contributed by atoms with Gasteiger partial charge in [0.25, 0.3) is 5.91 Å². The molecule has 2 aromatic heterocycles. The van der Waals surface area contributed by atoms with Crippen LogP contribution in [0.3, 0.4) is 0 Å². The first-order valence-corrected chi connectivity index (χ1v) is 14.5. The van der Waals surface area contributed by atoms with E-state index in [9.17, 15) is 14.4 Å². The Morgan fingerprint density at radius 2 is 1.93 bits per heavy atom. The number of likely N-dealkylation sites (tertiary alicyclic amines) is 2. The summed E-state index contributed by atoms with van der Waals surface area (Å²) in [5, 5.41) is 3.76. The van der Waals surface area contributed by atoms with Crippen molar-refractivity contribution in [2.24, 2.45) is 17.6 Å². The number of hydrogen-bond acceptors (Lipinski definition) is 8. The summed E-state index contributed by atoms with van der Waals surface area (Å²) < 4.78 is 6.19. The predicted octanol–water partition coefficient (Wildman–Crippen LogP) is 3.79. The second kappa shape index (κ2) is 11.5. The Kier molecular flexibility index (Phi) is 8.04. The van der Waals surface area contributed by atoms with Crippen LogP contribution < -0.4 is 15.8 Å². The van der Waals surface area contributed by atoms with Crippen LogP contribution in [0, 0.1) is 11.8 Å². The van der Waals surface area contributed by atoms with E-state index < -0.39 is 17.7 Å². The minimum atomic E-state index is -0.797. The summed E-state index contributed by atoms with van der Waals surface area (Å²) in [5.41, 5.74) is 7.54. The van der Waals surface area contributed by atoms with Gasteiger partial charge in [-0.3, -0.25) is 14.4 Å². The van der Waals surface area contributed by atoms with Gasteiger partial charge < -0.3 is 25.6 Å². The highest BCUT2D eigenvalue weighted by atomic mass is 32.1. The summed E-state index contributed by atoms with van der Waals surface area (Å²) in [5.74, 6) is -0.864. The first kappa shape index (κ1) is 28.0. The molecule has 1 aromatic carbocycles. The van der Waals surface area contributed by atoms with E-state index in [0.29, 0.717) is 18.4 Å². The Hall–Kier alpha value is -3.57. The van der Waals surface area contributed by atoms with Crippen LogP contribution in [-0.4, -0.2) is 71.3 Å². The lowest BCUT2D eigenvalue weighted by atomic mass is 9.87. The molecule has 3 amide bonds. The molecule has 212 valence electrons. The van der Waals surface area contributed by atoms with Gasteiger partial charge in [0.1, 0.15) is 5.56 Å². The lowest BCUT2D eigenvalue weighted by molar-refractivity contribution is -0.146. The zero-order valence-corrected chi connectivity index (χ0v) is 24.2. The molecule has 3 aromatic rings. The lowest BCUT2D eigenvalue weighted by Gasteiger charge is -2.38. The number of anilines is 1. The quantitative estimate of drug-likeness (QED) is 0.451. The number of nitrogens with one attached hydrogen (secondary N) is 1. The Balaban J connectivity index is 1.37. The summed E-state index contributed by atoms with van der Waals surface area (Å²) >= 11 is 1.76. The molecule has 0 spiro atoms. The highest BCUT2D eigenvalue weighted by molar-refractivity contribution is 7.18. The number of ether oxygens (including phenoxy) is 1. The number of nitrogens with two attached hydrogens (primary N) is 1. The second-order valence-corrected chi connectivity index (χ2v) is 12.2. The number of carbonyl (C=O) groups is 3. The first-order chi connectivity index (χ1) is 19.1. The third kappa shape index (κ3) is 5.66. The van der Waals surface area contributed by atoms with E-state index in [1.807, 2.05) is 0 Å². The molecule has 2 fully saturated rings. The number of primary amides is 1. The number of nitrogens with zero attached hydrogens (tertiary/aromatic N) is 4. The van der Waals surface area contributed by atoms with E-state index in [2.05, 4.69) is 54.3 Å². The SMILES string of the molecule is COc1ncc(NC(=O)C(=O)N2C[C@@H](C)CC[C@@H]2c2ccc3sc([C@@H]4CCN(C)C[C@@H]4C)nc3c2)cc1C(N)=O. The van der Waals surface area contributed by atoms with E-state index in [-0.39, 0.29) is 29.1 Å². The fourth-order valence-electron chi connectivity index (χ4n) is 5.95. The maximum Gasteiger partial charge on any atom is 0.313 e. The van der Waals surface area contributed by atoms with Gasteiger partial charge in [0.2, 0.25) is 5.88 Å². The second-order valence-electron chi connectivity index (χ2n) is 11.2. The molecule has 0 aliphatic carbocycles. The van der Waals surface area contributed by atoms with Crippen molar-refractivity contribution in [1.29, 1.82) is 0 Å². The van der Waals surface area contributed by atoms with Gasteiger partial charge in [0.15, 0.2) is 0 Å². The number of amides is 3. The Morgan fingerprint density at radius 3 is 2.65 bits per heavy atom. The van der Waals surface area contributed by atoms with Gasteiger partial charge in [0.05, 0.1) is 40.3 Å². The molecule has 2 aliphatic rings. The van der Waals surface area contributed by atoms with Crippen LogP contribution in [0.1, 0.15) is 66.0 Å². The van der Waals surface area contributed by atoms with Crippen LogP contribution in [0.15, 0.2) is 30.5 Å². The fourth-order valence-corrected chi connectivity index (χ4v) is 7.16. The van der Waals surface area contributed by atoms with Crippen LogP contribution in [0.4, 0.5) is 5.69 Å². The predicted molar refractivity (Wildman–Crippen MR) is 154 cm³/mol. The molecule has 10 nitrogen and oxygen atoms in total. The summed E-state index contributed by atoms with van der Waals surface area (Å²) in [6.07, 6.45) is 4.14. The monoisotopic (exact) mass is 564 g/mol. The molecular weight excluding hydrogens is 528 g/mol. The molecule has 0 unspecified atom stereocenters. The van der Waals surface area contributed by atoms with Crippen molar-refractivity contribution in [2.45, 2.75) is 45.1 Å². The molecule has 0 radical (unpaired) electrons. The number of thiazole rings is 1. The standard InChI is InChI=1S/C29H36N6O4S/c1-16-5-7-23(18-6-8-24-22(11-18)33-28(40-24)20-9-10-34(3)15-17(20)2)35(14-16)29(38)26(37)32-19-12-21(25(30)36)27(39-4)31-13-19/h6,8,11-13,16-17,20,23H,5,7,9-10,14-15H2,1-4H3,(H2,30,36)(H,32,37)/t16-,17-,20+,23+/m0/s1. The number of piperidine rings is 2. The number of carbonyl (C=O) groups excluding carboxylic acids is 3. The Bertz CT molecular complexity index is 1440. The van der Waals surface area contributed by atoms with E-state index in [1.54, 1.807) is 16.2 Å². The number of pyridine rings is 1. The van der Waals surface area contributed by atoms with Crippen LogP contribution in [0.25, 0.3) is 10.2 Å². The maximum atomic E-state index is 13.5. The van der Waals surface area contributed by atoms with E-state index in [4.69, 9.17) is 15.5 Å². The maximum absolute atomic E-state index is 13.5. The van der Waals surface area contributed by atoms with Crippen molar-refractivity contribution in [2.75, 3.05) is 39.1 Å². The lowest BCUT2D eigenvalue weighted by Crippen LogP contribution is -2.46. The van der Waals surface area contributed by atoms with E-state index >= 15 is 0 Å². The molecule has 2 aliphatic heterocycles. The highest BCUT2D eigenvalue weighted by Gasteiger charge is 2.35. The highest BCUT2D eigenvalue weighted by Crippen LogP contribution is 2.39. The van der Waals surface area contributed by atoms with Crippen molar-refractivity contribution >= 4 is 45.0 Å². The minimum Gasteiger partial charge on any atom is -0.480 e. The van der Waals surface area contributed by atoms with E-state index in [0.717, 1.165) is 48.1 Å². The van der Waals surface area contributed by atoms with Gasteiger partial charge in [-0.05, 0) is 68.5 Å². The number of hydrogen-bond donors (Lipinski definition) is 2. The van der Waals surface area contributed by atoms with Gasteiger partial charge in [-0.2, -0.15) is 0 Å². The topological polar surface area (TPSA) is 131 Å². The van der Waals surface area contributed by atoms with Gasteiger partial charge in [-0.15, -0.1) is 11.3 Å². The molecule has 0 bridgehead atoms. The van der Waals surface area contributed by atoms with Crippen molar-refractivity contribution in [3.05, 3.63) is 46.6 Å². The van der Waals surface area contributed by atoms with Gasteiger partial charge in [-0.25, -0.2) is 9.97 Å². The third-order valence-electron chi connectivity index (χ3n) is 8.08. The van der Waals surface area contributed by atoms with Gasteiger partial charge in [-0.1, -0.05) is 19.9 Å². The molecule has 5 rings (SSSR count). The summed E-state index contributed by atoms with van der Waals surface area (Å²) in [6.45, 7) is 7.00. The molecule has 4 atom stereocenters. The van der Waals surface area contributed by atoms with Crippen LogP contribution in [0.2, 0.25) is 0 Å². The van der Waals surface area contributed by atoms with Crippen LogP contribution in [-0.2, 0) is 9.59 Å². The number of benzene rings is 1. The third-order valence-corrected chi connectivity index (χ3v) is 9.25. The Labute approximate surface area is 237 Å². The fraction of sp³-hybridized carbons (Fsp3) is 0.483. The summed E-state index contributed by atoms with van der Waals surface area (Å²) in [7, 11) is 3.54. The average molecular weight is 565 g/mol. The molecule has 4 heterocycles. The molecule has 0 saturated carbocycles. The number of rotatable bonds is 5. The summed E-state index contributed by atoms with van der Waals surface area (Å²) in [6, 6.07) is 7.37. The number of aromatic nitrogens is 2. The van der Waals surface area contributed by atoms with Crippen molar-refractivity contribution in [1.82, 2.24) is 19.8 Å². The van der Waals surface area contributed by atoms with Gasteiger partial charge in [0, 0.05) is 19.0 Å². The minimum absolute atomic E-state index is 0.0165.